The average molecular weight is 373 g/mol. The monoisotopic (exact) mass is 372 g/mol. The smallest absolute Gasteiger partial charge is 0.234 e. The maximum absolute atomic E-state index is 13.1. The summed E-state index contributed by atoms with van der Waals surface area (Å²) in [5.41, 5.74) is -1.81. The van der Waals surface area contributed by atoms with Gasteiger partial charge in [-0.2, -0.15) is 0 Å². The normalized spacial score (nSPS) is 28.8. The maximum atomic E-state index is 13.1. The molecule has 0 aromatic heterocycles. The largest absolute Gasteiger partial charge is 0.496 e. The number of Topliss-reactive ketones (excluding diaryl/α,β-unsaturated/α-hetero) is 3. The molecule has 1 spiro atoms. The third-order valence-electron chi connectivity index (χ3n) is 4.50. The van der Waals surface area contributed by atoms with Crippen molar-refractivity contribution >= 4 is 40.6 Å². The highest BCUT2D eigenvalue weighted by molar-refractivity contribution is 6.47. The van der Waals surface area contributed by atoms with Gasteiger partial charge in [-0.15, -0.1) is 11.6 Å². The molecule has 128 valence electrons. The Bertz CT molecular complexity index is 774. The van der Waals surface area contributed by atoms with Gasteiger partial charge < -0.3 is 14.2 Å². The van der Waals surface area contributed by atoms with E-state index in [4.69, 9.17) is 37.4 Å². The van der Waals surface area contributed by atoms with E-state index >= 15 is 0 Å². The molecule has 1 aromatic carbocycles. The summed E-state index contributed by atoms with van der Waals surface area (Å²) in [4.78, 5) is 37.6. The molecule has 1 aromatic rings. The van der Waals surface area contributed by atoms with Crippen LogP contribution < -0.4 is 14.2 Å². The van der Waals surface area contributed by atoms with E-state index in [-0.39, 0.29) is 34.3 Å². The first-order valence-corrected chi connectivity index (χ1v) is 8.00. The molecule has 24 heavy (non-hydrogen) atoms. The van der Waals surface area contributed by atoms with Crippen molar-refractivity contribution < 1.29 is 28.6 Å². The van der Waals surface area contributed by atoms with Crippen molar-refractivity contribution in [2.24, 2.45) is 5.92 Å². The lowest BCUT2D eigenvalue weighted by molar-refractivity contribution is -0.142. The van der Waals surface area contributed by atoms with E-state index in [0.29, 0.717) is 0 Å². The van der Waals surface area contributed by atoms with E-state index in [9.17, 15) is 14.4 Å². The van der Waals surface area contributed by atoms with E-state index in [1.54, 1.807) is 6.92 Å². The lowest BCUT2D eigenvalue weighted by atomic mass is 9.71. The van der Waals surface area contributed by atoms with Gasteiger partial charge in [0, 0.05) is 18.4 Å². The van der Waals surface area contributed by atoms with Gasteiger partial charge in [0.2, 0.25) is 17.2 Å². The van der Waals surface area contributed by atoms with Crippen LogP contribution in [0.4, 0.5) is 0 Å². The number of ketones is 3. The summed E-state index contributed by atoms with van der Waals surface area (Å²) in [6.07, 6.45) is -0.0449. The first-order valence-electron chi connectivity index (χ1n) is 7.19. The maximum Gasteiger partial charge on any atom is 0.234 e. The minimum absolute atomic E-state index is 0.0104. The van der Waals surface area contributed by atoms with Crippen molar-refractivity contribution in [3.05, 3.63) is 16.7 Å². The molecule has 8 heteroatoms. The predicted molar refractivity (Wildman–Crippen MR) is 85.7 cm³/mol. The van der Waals surface area contributed by atoms with Crippen molar-refractivity contribution in [1.29, 1.82) is 0 Å². The Morgan fingerprint density at radius 3 is 2.42 bits per heavy atom. The Morgan fingerprint density at radius 1 is 1.21 bits per heavy atom. The number of carbonyl (C=O) groups excluding carboxylic acids is 3. The Kier molecular flexibility index (Phi) is 4.00. The van der Waals surface area contributed by atoms with E-state index in [1.807, 2.05) is 0 Å². The molecule has 0 amide bonds. The van der Waals surface area contributed by atoms with Crippen molar-refractivity contribution in [2.75, 3.05) is 14.2 Å². The highest BCUT2D eigenvalue weighted by Gasteiger charge is 2.64. The number of hydrogen-bond acceptors (Lipinski definition) is 6. The van der Waals surface area contributed by atoms with Gasteiger partial charge in [-0.05, 0) is 0 Å². The van der Waals surface area contributed by atoms with E-state index in [0.717, 1.165) is 0 Å². The van der Waals surface area contributed by atoms with Crippen LogP contribution in [-0.2, 0) is 9.59 Å². The van der Waals surface area contributed by atoms with Crippen LogP contribution >= 0.6 is 23.2 Å². The highest BCUT2D eigenvalue weighted by Crippen LogP contribution is 2.53. The number of halogens is 2. The molecular formula is C16H14Cl2O6. The van der Waals surface area contributed by atoms with Crippen LogP contribution in [0.2, 0.25) is 5.02 Å². The standard InChI is InChI=1S/C16H14Cl2O6/c1-6-4-7(19)11(17)15(21)16(6)14(20)10-8(22-2)5-9(23-3)12(18)13(10)24-16/h5-6,11H,4H2,1-3H3. The predicted octanol–water partition coefficient (Wildman–Crippen LogP) is 2.46. The number of methoxy groups -OCH3 is 2. The fraction of sp³-hybridized carbons (Fsp3) is 0.438. The van der Waals surface area contributed by atoms with Gasteiger partial charge >= 0.3 is 0 Å². The van der Waals surface area contributed by atoms with Crippen LogP contribution in [0.5, 0.6) is 17.2 Å². The Morgan fingerprint density at radius 2 is 1.83 bits per heavy atom. The number of alkyl halides is 1. The van der Waals surface area contributed by atoms with Crippen LogP contribution in [0.3, 0.4) is 0 Å². The number of hydrogen-bond donors (Lipinski definition) is 0. The van der Waals surface area contributed by atoms with Gasteiger partial charge in [0.1, 0.15) is 22.1 Å². The Balaban J connectivity index is 2.22. The van der Waals surface area contributed by atoms with E-state index in [2.05, 4.69) is 0 Å². The van der Waals surface area contributed by atoms with Crippen LogP contribution in [0.1, 0.15) is 23.7 Å². The first kappa shape index (κ1) is 17.0. The third-order valence-corrected chi connectivity index (χ3v) is 5.30. The summed E-state index contributed by atoms with van der Waals surface area (Å²) in [7, 11) is 2.78. The number of carbonyl (C=O) groups is 3. The molecule has 1 fully saturated rings. The Labute approximate surface area is 148 Å². The van der Waals surface area contributed by atoms with Gasteiger partial charge in [0.05, 0.1) is 14.2 Å². The van der Waals surface area contributed by atoms with Crippen LogP contribution in [0.25, 0.3) is 0 Å². The molecule has 1 heterocycles. The lowest BCUT2D eigenvalue weighted by Crippen LogP contribution is -2.61. The van der Waals surface area contributed by atoms with E-state index in [1.165, 1.54) is 20.3 Å². The van der Waals surface area contributed by atoms with Crippen LogP contribution in [0.15, 0.2) is 6.07 Å². The van der Waals surface area contributed by atoms with Crippen LogP contribution in [-0.4, -0.2) is 42.5 Å². The summed E-state index contributed by atoms with van der Waals surface area (Å²) in [6.45, 7) is 1.60. The van der Waals surface area contributed by atoms with Gasteiger partial charge in [-0.3, -0.25) is 14.4 Å². The topological polar surface area (TPSA) is 78.9 Å². The second-order valence-electron chi connectivity index (χ2n) is 5.76. The van der Waals surface area contributed by atoms with Crippen molar-refractivity contribution in [3.8, 4) is 17.2 Å². The summed E-state index contributed by atoms with van der Waals surface area (Å²) >= 11 is 12.2. The van der Waals surface area contributed by atoms with Gasteiger partial charge in [-0.25, -0.2) is 0 Å². The van der Waals surface area contributed by atoms with E-state index < -0.39 is 34.2 Å². The molecule has 1 aliphatic carbocycles. The molecule has 2 aliphatic rings. The molecule has 3 unspecified atom stereocenters. The second-order valence-corrected chi connectivity index (χ2v) is 6.58. The zero-order valence-electron chi connectivity index (χ0n) is 13.1. The van der Waals surface area contributed by atoms with Crippen molar-refractivity contribution in [3.63, 3.8) is 0 Å². The quantitative estimate of drug-likeness (QED) is 0.585. The zero-order valence-corrected chi connectivity index (χ0v) is 14.7. The minimum Gasteiger partial charge on any atom is -0.496 e. The molecule has 0 bridgehead atoms. The molecule has 0 radical (unpaired) electrons. The molecule has 3 atom stereocenters. The second kappa shape index (κ2) is 5.63. The Hall–Kier alpha value is -1.79. The van der Waals surface area contributed by atoms with Crippen molar-refractivity contribution in [2.45, 2.75) is 24.3 Å². The summed E-state index contributed by atoms with van der Waals surface area (Å²) in [6, 6.07) is 1.45. The third kappa shape index (κ3) is 1.99. The highest BCUT2D eigenvalue weighted by atomic mass is 35.5. The summed E-state index contributed by atoms with van der Waals surface area (Å²) in [5, 5.41) is -1.37. The fourth-order valence-corrected chi connectivity index (χ4v) is 3.73. The van der Waals surface area contributed by atoms with Gasteiger partial charge in [0.15, 0.2) is 16.9 Å². The molecule has 0 saturated heterocycles. The number of fused-ring (bicyclic) bond motifs is 1. The fourth-order valence-electron chi connectivity index (χ4n) is 3.21. The number of benzene rings is 1. The zero-order chi connectivity index (χ0) is 17.8. The first-order chi connectivity index (χ1) is 11.3. The number of rotatable bonds is 2. The van der Waals surface area contributed by atoms with Gasteiger partial charge in [0.25, 0.3) is 0 Å². The molecule has 1 saturated carbocycles. The lowest BCUT2D eigenvalue weighted by Gasteiger charge is -2.36. The SMILES string of the molecule is COc1cc(OC)c2c(c1Cl)OC1(C2=O)C(=O)C(Cl)C(=O)CC1C. The summed E-state index contributed by atoms with van der Waals surface area (Å²) in [5.74, 6) is -2.05. The van der Waals surface area contributed by atoms with Crippen molar-refractivity contribution in [1.82, 2.24) is 0 Å². The van der Waals surface area contributed by atoms with Gasteiger partial charge in [-0.1, -0.05) is 18.5 Å². The molecule has 1 aliphatic heterocycles. The number of ether oxygens (including phenoxy) is 3. The molecule has 3 rings (SSSR count). The molecule has 0 N–H and O–H groups in total. The van der Waals surface area contributed by atoms with Crippen LogP contribution in [0, 0.1) is 5.92 Å². The molecular weight excluding hydrogens is 359 g/mol. The molecule has 6 nitrogen and oxygen atoms in total. The average Bonchev–Trinajstić information content (AvgIpc) is 2.88. The summed E-state index contributed by atoms with van der Waals surface area (Å²) < 4.78 is 16.2. The minimum atomic E-state index is -1.87.